The van der Waals surface area contributed by atoms with Crippen LogP contribution in [0.4, 0.5) is 0 Å². The number of carbonyl (C=O) groups excluding carboxylic acids is 1. The molecule has 0 saturated heterocycles. The fraction of sp³-hybridized carbons (Fsp3) is 0.333. The third kappa shape index (κ3) is 2.52. The zero-order valence-electron chi connectivity index (χ0n) is 7.58. The van der Waals surface area contributed by atoms with Crippen molar-refractivity contribution in [3.63, 3.8) is 0 Å². The van der Waals surface area contributed by atoms with Crippen molar-refractivity contribution in [2.75, 3.05) is 13.1 Å². The van der Waals surface area contributed by atoms with Crippen molar-refractivity contribution >= 4 is 5.91 Å². The Labute approximate surface area is 77.2 Å². The van der Waals surface area contributed by atoms with Gasteiger partial charge in [-0.2, -0.15) is 0 Å². The van der Waals surface area contributed by atoms with E-state index in [1.54, 1.807) is 12.3 Å². The fourth-order valence-electron chi connectivity index (χ4n) is 0.993. The largest absolute Gasteiger partial charge is 0.349 e. The molecule has 70 valence electrons. The molecule has 1 rings (SSSR count). The molecule has 0 radical (unpaired) electrons. The topological polar surface area (TPSA) is 68.0 Å². The molecule has 0 bridgehead atoms. The van der Waals surface area contributed by atoms with Crippen molar-refractivity contribution in [1.29, 1.82) is 0 Å². The van der Waals surface area contributed by atoms with Crippen LogP contribution in [0.1, 0.15) is 16.1 Å². The molecular formula is C9H13N3O. The van der Waals surface area contributed by atoms with Crippen molar-refractivity contribution in [3.05, 3.63) is 29.6 Å². The minimum atomic E-state index is -0.163. The van der Waals surface area contributed by atoms with Crippen molar-refractivity contribution < 1.29 is 4.79 Å². The third-order valence-corrected chi connectivity index (χ3v) is 1.65. The van der Waals surface area contributed by atoms with Gasteiger partial charge in [-0.15, -0.1) is 0 Å². The molecule has 13 heavy (non-hydrogen) atoms. The molecule has 1 amide bonds. The summed E-state index contributed by atoms with van der Waals surface area (Å²) in [6, 6.07) is 3.65. The summed E-state index contributed by atoms with van der Waals surface area (Å²) in [6.07, 6.45) is 1.60. The second-order valence-electron chi connectivity index (χ2n) is 2.71. The van der Waals surface area contributed by atoms with E-state index in [-0.39, 0.29) is 5.91 Å². The first kappa shape index (κ1) is 9.67. The van der Waals surface area contributed by atoms with Crippen LogP contribution in [-0.2, 0) is 0 Å². The highest BCUT2D eigenvalue weighted by Crippen LogP contribution is 2.01. The Morgan fingerprint density at radius 1 is 1.69 bits per heavy atom. The van der Waals surface area contributed by atoms with Crippen LogP contribution >= 0.6 is 0 Å². The zero-order valence-corrected chi connectivity index (χ0v) is 7.58. The summed E-state index contributed by atoms with van der Waals surface area (Å²) < 4.78 is 0. The van der Waals surface area contributed by atoms with Crippen molar-refractivity contribution in [1.82, 2.24) is 10.3 Å². The van der Waals surface area contributed by atoms with Gasteiger partial charge in [0.2, 0.25) is 0 Å². The second-order valence-corrected chi connectivity index (χ2v) is 2.71. The van der Waals surface area contributed by atoms with Gasteiger partial charge in [0.15, 0.2) is 0 Å². The van der Waals surface area contributed by atoms with Gasteiger partial charge in [-0.25, -0.2) is 0 Å². The fourth-order valence-corrected chi connectivity index (χ4v) is 0.993. The molecule has 0 spiro atoms. The van der Waals surface area contributed by atoms with Crippen LogP contribution < -0.4 is 11.1 Å². The summed E-state index contributed by atoms with van der Waals surface area (Å²) in [5, 5.41) is 2.66. The molecule has 0 atom stereocenters. The molecule has 0 aliphatic heterocycles. The van der Waals surface area contributed by atoms with Crippen LogP contribution in [0.15, 0.2) is 18.3 Å². The van der Waals surface area contributed by atoms with Crippen LogP contribution in [0.5, 0.6) is 0 Å². The quantitative estimate of drug-likeness (QED) is 0.690. The smallest absolute Gasteiger partial charge is 0.270 e. The van der Waals surface area contributed by atoms with E-state index in [1.165, 1.54) is 0 Å². The first-order chi connectivity index (χ1) is 6.25. The number of rotatable bonds is 3. The summed E-state index contributed by atoms with van der Waals surface area (Å²) in [5.74, 6) is -0.163. The Bertz CT molecular complexity index is 299. The van der Waals surface area contributed by atoms with Crippen LogP contribution in [0.3, 0.4) is 0 Å². The lowest BCUT2D eigenvalue weighted by Crippen LogP contribution is -2.30. The normalized spacial score (nSPS) is 9.69. The number of nitrogens with one attached hydrogen (secondary N) is 1. The highest BCUT2D eigenvalue weighted by atomic mass is 16.1. The number of aromatic nitrogens is 1. The molecule has 1 aromatic heterocycles. The predicted molar refractivity (Wildman–Crippen MR) is 50.4 cm³/mol. The summed E-state index contributed by atoms with van der Waals surface area (Å²) in [5.41, 5.74) is 6.60. The first-order valence-electron chi connectivity index (χ1n) is 4.15. The van der Waals surface area contributed by atoms with Gasteiger partial charge in [-0.3, -0.25) is 9.78 Å². The first-order valence-corrected chi connectivity index (χ1v) is 4.15. The molecule has 0 aromatic carbocycles. The van der Waals surface area contributed by atoms with Gasteiger partial charge in [-0.05, 0) is 18.6 Å². The van der Waals surface area contributed by atoms with E-state index in [1.807, 2.05) is 13.0 Å². The molecule has 0 saturated carbocycles. The van der Waals surface area contributed by atoms with E-state index in [2.05, 4.69) is 10.3 Å². The summed E-state index contributed by atoms with van der Waals surface area (Å²) in [4.78, 5) is 15.4. The maximum atomic E-state index is 11.4. The molecule has 4 heteroatoms. The Kier molecular flexibility index (Phi) is 3.40. The van der Waals surface area contributed by atoms with E-state index in [0.717, 1.165) is 5.56 Å². The van der Waals surface area contributed by atoms with Gasteiger partial charge in [0.05, 0.1) is 0 Å². The SMILES string of the molecule is Cc1cccnc1C(=O)NCCN. The molecule has 1 aromatic rings. The number of pyridine rings is 1. The number of carbonyl (C=O) groups is 1. The Hall–Kier alpha value is -1.42. The lowest BCUT2D eigenvalue weighted by atomic mass is 10.2. The second kappa shape index (κ2) is 4.57. The lowest BCUT2D eigenvalue weighted by Gasteiger charge is -2.04. The van der Waals surface area contributed by atoms with Gasteiger partial charge < -0.3 is 11.1 Å². The summed E-state index contributed by atoms with van der Waals surface area (Å²) in [6.45, 7) is 2.77. The van der Waals surface area contributed by atoms with E-state index in [9.17, 15) is 4.79 Å². The van der Waals surface area contributed by atoms with E-state index < -0.39 is 0 Å². The highest BCUT2D eigenvalue weighted by Gasteiger charge is 2.07. The standard InChI is InChI=1S/C9H13N3O/c1-7-3-2-5-11-8(7)9(13)12-6-4-10/h2-3,5H,4,6,10H2,1H3,(H,12,13). The monoisotopic (exact) mass is 179 g/mol. The lowest BCUT2D eigenvalue weighted by molar-refractivity contribution is 0.0949. The Morgan fingerprint density at radius 2 is 2.46 bits per heavy atom. The maximum absolute atomic E-state index is 11.4. The minimum absolute atomic E-state index is 0.163. The van der Waals surface area contributed by atoms with Crippen molar-refractivity contribution in [2.45, 2.75) is 6.92 Å². The van der Waals surface area contributed by atoms with Crippen LogP contribution in [0.2, 0.25) is 0 Å². The Morgan fingerprint density at radius 3 is 3.08 bits per heavy atom. The number of aryl methyl sites for hydroxylation is 1. The number of nitrogens with zero attached hydrogens (tertiary/aromatic N) is 1. The van der Waals surface area contributed by atoms with Gasteiger partial charge in [0.1, 0.15) is 5.69 Å². The molecule has 0 fully saturated rings. The van der Waals surface area contributed by atoms with Crippen LogP contribution in [0, 0.1) is 6.92 Å². The number of hydrogen-bond donors (Lipinski definition) is 2. The van der Waals surface area contributed by atoms with E-state index in [0.29, 0.717) is 18.8 Å². The number of nitrogens with two attached hydrogens (primary N) is 1. The van der Waals surface area contributed by atoms with Crippen molar-refractivity contribution in [2.24, 2.45) is 5.73 Å². The predicted octanol–water partition coefficient (Wildman–Crippen LogP) is 0.0785. The molecule has 0 aliphatic rings. The summed E-state index contributed by atoms with van der Waals surface area (Å²) >= 11 is 0. The van der Waals surface area contributed by atoms with Gasteiger partial charge in [0.25, 0.3) is 5.91 Å². The third-order valence-electron chi connectivity index (χ3n) is 1.65. The van der Waals surface area contributed by atoms with Gasteiger partial charge in [-0.1, -0.05) is 6.07 Å². The van der Waals surface area contributed by atoms with Gasteiger partial charge in [0, 0.05) is 19.3 Å². The molecule has 1 heterocycles. The maximum Gasteiger partial charge on any atom is 0.270 e. The number of amides is 1. The highest BCUT2D eigenvalue weighted by molar-refractivity contribution is 5.93. The van der Waals surface area contributed by atoms with Crippen molar-refractivity contribution in [3.8, 4) is 0 Å². The molecule has 0 aliphatic carbocycles. The van der Waals surface area contributed by atoms with Crippen LogP contribution in [-0.4, -0.2) is 24.0 Å². The zero-order chi connectivity index (χ0) is 9.68. The van der Waals surface area contributed by atoms with E-state index in [4.69, 9.17) is 5.73 Å². The van der Waals surface area contributed by atoms with E-state index >= 15 is 0 Å². The van der Waals surface area contributed by atoms with Crippen LogP contribution in [0.25, 0.3) is 0 Å². The molecule has 4 nitrogen and oxygen atoms in total. The molecule has 0 unspecified atom stereocenters. The average Bonchev–Trinajstić information content (AvgIpc) is 2.15. The molecular weight excluding hydrogens is 166 g/mol. The summed E-state index contributed by atoms with van der Waals surface area (Å²) in [7, 11) is 0. The van der Waals surface area contributed by atoms with Gasteiger partial charge >= 0.3 is 0 Å². The average molecular weight is 179 g/mol. The minimum Gasteiger partial charge on any atom is -0.349 e. The number of hydrogen-bond acceptors (Lipinski definition) is 3. The molecule has 3 N–H and O–H groups in total. The Balaban J connectivity index is 2.71.